The van der Waals surface area contributed by atoms with E-state index in [1.165, 1.54) is 0 Å². The number of carbonyl (C=O) groups is 1. The van der Waals surface area contributed by atoms with Gasteiger partial charge in [0, 0.05) is 23.5 Å². The average Bonchev–Trinajstić information content (AvgIpc) is 3.06. The van der Waals surface area contributed by atoms with Crippen molar-refractivity contribution in [2.45, 2.75) is 6.42 Å². The monoisotopic (exact) mass is 343 g/mol. The maximum Gasteiger partial charge on any atom is 0.234 e. The second-order valence-corrected chi connectivity index (χ2v) is 5.88. The average molecular weight is 343 g/mol. The van der Waals surface area contributed by atoms with Crippen LogP contribution in [0.2, 0.25) is 0 Å². The van der Waals surface area contributed by atoms with Gasteiger partial charge in [0.05, 0.1) is 24.6 Å². The molecule has 26 heavy (non-hydrogen) atoms. The minimum atomic E-state index is -0.0116. The van der Waals surface area contributed by atoms with Crippen LogP contribution in [0.5, 0.6) is 5.75 Å². The number of rotatable bonds is 5. The van der Waals surface area contributed by atoms with E-state index >= 15 is 0 Å². The number of methoxy groups -OCH3 is 1. The summed E-state index contributed by atoms with van der Waals surface area (Å²) in [7, 11) is 1.57. The van der Waals surface area contributed by atoms with E-state index in [9.17, 15) is 4.79 Å². The van der Waals surface area contributed by atoms with Crippen molar-refractivity contribution >= 4 is 16.7 Å². The van der Waals surface area contributed by atoms with Gasteiger partial charge in [-0.05, 0) is 30.3 Å². The first-order valence-corrected chi connectivity index (χ1v) is 8.31. The van der Waals surface area contributed by atoms with Gasteiger partial charge in [-0.1, -0.05) is 30.3 Å². The van der Waals surface area contributed by atoms with Crippen molar-refractivity contribution in [2.75, 3.05) is 7.11 Å². The number of para-hydroxylation sites is 2. The highest BCUT2D eigenvalue weighted by Gasteiger charge is 2.18. The smallest absolute Gasteiger partial charge is 0.234 e. The molecule has 4 aromatic rings. The van der Waals surface area contributed by atoms with Crippen LogP contribution < -0.4 is 4.74 Å². The van der Waals surface area contributed by atoms with E-state index in [1.54, 1.807) is 37.7 Å². The molecule has 0 aliphatic carbocycles. The minimum absolute atomic E-state index is 0.0116. The van der Waals surface area contributed by atoms with Gasteiger partial charge >= 0.3 is 0 Å². The lowest BCUT2D eigenvalue weighted by atomic mass is 10.1. The second kappa shape index (κ2) is 6.80. The van der Waals surface area contributed by atoms with Crippen molar-refractivity contribution in [1.29, 1.82) is 0 Å². The van der Waals surface area contributed by atoms with Gasteiger partial charge < -0.3 is 4.74 Å². The van der Waals surface area contributed by atoms with E-state index in [0.717, 1.165) is 16.6 Å². The van der Waals surface area contributed by atoms with E-state index < -0.39 is 0 Å². The van der Waals surface area contributed by atoms with Gasteiger partial charge in [-0.25, -0.2) is 9.97 Å². The number of hydrogen-bond donors (Lipinski definition) is 0. The maximum atomic E-state index is 12.9. The fourth-order valence-electron chi connectivity index (χ4n) is 3.12. The van der Waals surface area contributed by atoms with Crippen LogP contribution in [0.4, 0.5) is 0 Å². The summed E-state index contributed by atoms with van der Waals surface area (Å²) in [4.78, 5) is 21.6. The number of aromatic nitrogens is 3. The molecule has 5 nitrogen and oxygen atoms in total. The summed E-state index contributed by atoms with van der Waals surface area (Å²) in [6.07, 6.45) is 3.62. The Morgan fingerprint density at radius 2 is 1.73 bits per heavy atom. The van der Waals surface area contributed by atoms with Crippen LogP contribution in [0.1, 0.15) is 16.1 Å². The quantitative estimate of drug-likeness (QED) is 0.516. The van der Waals surface area contributed by atoms with Crippen molar-refractivity contribution in [3.8, 4) is 11.7 Å². The molecule has 2 heterocycles. The van der Waals surface area contributed by atoms with Gasteiger partial charge in [0.15, 0.2) is 5.78 Å². The van der Waals surface area contributed by atoms with Gasteiger partial charge in [-0.15, -0.1) is 0 Å². The molecule has 128 valence electrons. The molecule has 4 rings (SSSR count). The molecule has 0 unspecified atom stereocenters. The van der Waals surface area contributed by atoms with E-state index in [-0.39, 0.29) is 12.2 Å². The third-order valence-electron chi connectivity index (χ3n) is 4.29. The fourth-order valence-corrected chi connectivity index (χ4v) is 3.12. The van der Waals surface area contributed by atoms with Crippen LogP contribution >= 0.6 is 0 Å². The van der Waals surface area contributed by atoms with Crippen molar-refractivity contribution in [3.05, 3.63) is 84.3 Å². The summed E-state index contributed by atoms with van der Waals surface area (Å²) in [6, 6.07) is 19.0. The highest BCUT2D eigenvalue weighted by Crippen LogP contribution is 2.25. The van der Waals surface area contributed by atoms with Gasteiger partial charge in [-0.3, -0.25) is 9.36 Å². The Bertz CT molecular complexity index is 1070. The minimum Gasteiger partial charge on any atom is -0.496 e. The SMILES string of the molecule is COc1ccccc1C(=O)Cc1cc2ccccc2n1-c1ncccn1. The van der Waals surface area contributed by atoms with Crippen LogP contribution in [0.25, 0.3) is 16.9 Å². The third-order valence-corrected chi connectivity index (χ3v) is 4.29. The number of benzene rings is 2. The molecule has 0 bridgehead atoms. The highest BCUT2D eigenvalue weighted by atomic mass is 16.5. The summed E-state index contributed by atoms with van der Waals surface area (Å²) < 4.78 is 7.26. The molecule has 0 radical (unpaired) electrons. The van der Waals surface area contributed by atoms with Crippen LogP contribution in [0.3, 0.4) is 0 Å². The summed E-state index contributed by atoms with van der Waals surface area (Å²) >= 11 is 0. The van der Waals surface area contributed by atoms with Crippen LogP contribution in [-0.2, 0) is 6.42 Å². The molecular weight excluding hydrogens is 326 g/mol. The first kappa shape index (κ1) is 16.0. The number of ketones is 1. The van der Waals surface area contributed by atoms with Gasteiger partial charge in [0.2, 0.25) is 5.95 Å². The van der Waals surface area contributed by atoms with Crippen LogP contribution in [0, 0.1) is 0 Å². The molecule has 0 aliphatic heterocycles. The number of nitrogens with zero attached hydrogens (tertiary/aromatic N) is 3. The van der Waals surface area contributed by atoms with Gasteiger partial charge in [0.1, 0.15) is 5.75 Å². The van der Waals surface area contributed by atoms with E-state index in [1.807, 2.05) is 47.0 Å². The second-order valence-electron chi connectivity index (χ2n) is 5.88. The predicted molar refractivity (Wildman–Crippen MR) is 99.9 cm³/mol. The Balaban J connectivity index is 1.81. The zero-order valence-electron chi connectivity index (χ0n) is 14.3. The molecule has 0 amide bonds. The molecule has 0 fully saturated rings. The van der Waals surface area contributed by atoms with E-state index in [2.05, 4.69) is 9.97 Å². The molecule has 2 aromatic carbocycles. The largest absolute Gasteiger partial charge is 0.496 e. The predicted octanol–water partition coefficient (Wildman–Crippen LogP) is 3.85. The molecule has 2 aromatic heterocycles. The Morgan fingerprint density at radius 3 is 2.54 bits per heavy atom. The van der Waals surface area contributed by atoms with E-state index in [4.69, 9.17) is 4.74 Å². The molecule has 5 heteroatoms. The standard InChI is InChI=1S/C21H17N3O2/c1-26-20-10-5-3-8-17(20)19(25)14-16-13-15-7-2-4-9-18(15)24(16)21-22-11-6-12-23-21/h2-13H,14H2,1H3. The van der Waals surface area contributed by atoms with E-state index in [0.29, 0.717) is 17.3 Å². The number of Topliss-reactive ketones (excluding diaryl/α,β-unsaturated/α-hetero) is 1. The maximum absolute atomic E-state index is 12.9. The first-order valence-electron chi connectivity index (χ1n) is 8.31. The molecule has 0 aliphatic rings. The highest BCUT2D eigenvalue weighted by molar-refractivity contribution is 6.00. The fraction of sp³-hybridized carbons (Fsp3) is 0.0952. The number of ether oxygens (including phenoxy) is 1. The molecule has 0 saturated heterocycles. The summed E-state index contributed by atoms with van der Waals surface area (Å²) in [5, 5.41) is 1.04. The molecular formula is C21H17N3O2. The van der Waals surface area contributed by atoms with Gasteiger partial charge in [-0.2, -0.15) is 0 Å². The van der Waals surface area contributed by atoms with Crippen molar-refractivity contribution in [2.24, 2.45) is 0 Å². The molecule has 0 saturated carbocycles. The topological polar surface area (TPSA) is 57.0 Å². The summed E-state index contributed by atoms with van der Waals surface area (Å²) in [5.74, 6) is 1.12. The number of carbonyl (C=O) groups excluding carboxylic acids is 1. The lowest BCUT2D eigenvalue weighted by Crippen LogP contribution is -2.11. The Labute approximate surface area is 150 Å². The number of fused-ring (bicyclic) bond motifs is 1. The normalized spacial score (nSPS) is 10.8. The Kier molecular flexibility index (Phi) is 4.19. The zero-order valence-corrected chi connectivity index (χ0v) is 14.3. The van der Waals surface area contributed by atoms with Crippen LogP contribution in [-0.4, -0.2) is 27.4 Å². The molecule has 0 atom stereocenters. The third kappa shape index (κ3) is 2.84. The van der Waals surface area contributed by atoms with Crippen molar-refractivity contribution in [3.63, 3.8) is 0 Å². The van der Waals surface area contributed by atoms with Crippen molar-refractivity contribution in [1.82, 2.24) is 14.5 Å². The Morgan fingerprint density at radius 1 is 1.00 bits per heavy atom. The van der Waals surface area contributed by atoms with Crippen LogP contribution in [0.15, 0.2) is 73.1 Å². The van der Waals surface area contributed by atoms with Gasteiger partial charge in [0.25, 0.3) is 0 Å². The Hall–Kier alpha value is -3.47. The number of hydrogen-bond acceptors (Lipinski definition) is 4. The zero-order chi connectivity index (χ0) is 17.9. The summed E-state index contributed by atoms with van der Waals surface area (Å²) in [5.41, 5.74) is 2.38. The lowest BCUT2D eigenvalue weighted by molar-refractivity contribution is 0.0988. The molecule has 0 N–H and O–H groups in total. The first-order chi connectivity index (χ1) is 12.8. The van der Waals surface area contributed by atoms with Crippen molar-refractivity contribution < 1.29 is 9.53 Å². The summed E-state index contributed by atoms with van der Waals surface area (Å²) in [6.45, 7) is 0. The molecule has 0 spiro atoms. The lowest BCUT2D eigenvalue weighted by Gasteiger charge is -2.10.